The molecule has 3 nitrogen and oxygen atoms in total. The summed E-state index contributed by atoms with van der Waals surface area (Å²) in [5.74, 6) is 0.245. The molecule has 0 aliphatic carbocycles. The van der Waals surface area contributed by atoms with Crippen molar-refractivity contribution in [1.29, 1.82) is 0 Å². The summed E-state index contributed by atoms with van der Waals surface area (Å²) < 4.78 is 6.64. The van der Waals surface area contributed by atoms with Gasteiger partial charge in [-0.25, -0.2) is 0 Å². The normalized spacial score (nSPS) is 13.9. The minimum Gasteiger partial charge on any atom is -0.409 e. The summed E-state index contributed by atoms with van der Waals surface area (Å²) in [6.07, 6.45) is 2.72. The molecule has 0 N–H and O–H groups in total. The number of carbonyl (C=O) groups excluding carboxylic acids is 1. The van der Waals surface area contributed by atoms with Gasteiger partial charge in [-0.1, -0.05) is 39.8 Å². The molecule has 136 valence electrons. The van der Waals surface area contributed by atoms with Gasteiger partial charge in [-0.15, -0.1) is 0 Å². The highest BCUT2D eigenvalue weighted by molar-refractivity contribution is 6.74. The number of hydrogen-bond donors (Lipinski definition) is 0. The molecule has 4 heteroatoms. The summed E-state index contributed by atoms with van der Waals surface area (Å²) in [4.78, 5) is 16.5. The molecule has 0 fully saturated rings. The van der Waals surface area contributed by atoms with E-state index in [0.717, 1.165) is 22.0 Å². The van der Waals surface area contributed by atoms with E-state index < -0.39 is 8.32 Å². The predicted molar refractivity (Wildman–Crippen MR) is 107 cm³/mol. The summed E-state index contributed by atoms with van der Waals surface area (Å²) in [7, 11) is -1.97. The zero-order valence-electron chi connectivity index (χ0n) is 16.6. The Morgan fingerprint density at radius 3 is 2.48 bits per heavy atom. The number of carbonyl (C=O) groups is 1. The highest BCUT2D eigenvalue weighted by Crippen LogP contribution is 2.41. The molecular formula is C21H31NO2Si. The van der Waals surface area contributed by atoms with Crippen LogP contribution in [0.15, 0.2) is 30.5 Å². The summed E-state index contributed by atoms with van der Waals surface area (Å²) in [6, 6.07) is 8.41. The average Bonchev–Trinajstić information content (AvgIpc) is 2.52. The molecule has 0 spiro atoms. The van der Waals surface area contributed by atoms with E-state index in [2.05, 4.69) is 63.1 Å². The number of fused-ring (bicyclic) bond motifs is 1. The number of aromatic nitrogens is 1. The van der Waals surface area contributed by atoms with E-state index in [0.29, 0.717) is 12.8 Å². The van der Waals surface area contributed by atoms with Crippen LogP contribution in [0.25, 0.3) is 10.8 Å². The molecular weight excluding hydrogens is 326 g/mol. The van der Waals surface area contributed by atoms with Crippen molar-refractivity contribution in [2.24, 2.45) is 0 Å². The number of benzene rings is 1. The van der Waals surface area contributed by atoms with Gasteiger partial charge < -0.3 is 4.43 Å². The van der Waals surface area contributed by atoms with Gasteiger partial charge in [-0.3, -0.25) is 9.78 Å². The van der Waals surface area contributed by atoms with Crippen LogP contribution in [0.2, 0.25) is 18.1 Å². The first kappa shape index (κ1) is 19.8. The van der Waals surface area contributed by atoms with Gasteiger partial charge in [0.1, 0.15) is 5.78 Å². The highest BCUT2D eigenvalue weighted by Gasteiger charge is 2.39. The summed E-state index contributed by atoms with van der Waals surface area (Å²) >= 11 is 0. The molecule has 0 aliphatic heterocycles. The summed E-state index contributed by atoms with van der Waals surface area (Å²) in [5, 5.41) is 2.37. The molecule has 0 amide bonds. The molecule has 0 radical (unpaired) electrons. The Labute approximate surface area is 152 Å². The van der Waals surface area contributed by atoms with Crippen LogP contribution in [0.1, 0.15) is 57.9 Å². The molecule has 0 unspecified atom stereocenters. The second-order valence-corrected chi connectivity index (χ2v) is 13.2. The molecule has 0 saturated carbocycles. The van der Waals surface area contributed by atoms with E-state index in [4.69, 9.17) is 4.43 Å². The third-order valence-electron chi connectivity index (χ3n) is 5.30. The quantitative estimate of drug-likeness (QED) is 0.597. The van der Waals surface area contributed by atoms with Gasteiger partial charge in [0.15, 0.2) is 8.32 Å². The first-order valence-electron chi connectivity index (χ1n) is 9.09. The Hall–Kier alpha value is -1.52. The molecule has 0 saturated heterocycles. The van der Waals surface area contributed by atoms with E-state index in [-0.39, 0.29) is 16.9 Å². The van der Waals surface area contributed by atoms with Crippen LogP contribution in [-0.4, -0.2) is 19.1 Å². The molecule has 0 bridgehead atoms. The number of pyridine rings is 1. The predicted octanol–water partition coefficient (Wildman–Crippen LogP) is 5.98. The Kier molecular flexibility index (Phi) is 5.85. The first-order chi connectivity index (χ1) is 11.5. The van der Waals surface area contributed by atoms with Crippen molar-refractivity contribution < 1.29 is 9.22 Å². The van der Waals surface area contributed by atoms with Crippen molar-refractivity contribution in [2.75, 3.05) is 0 Å². The third-order valence-corrected chi connectivity index (χ3v) is 9.79. The van der Waals surface area contributed by atoms with Crippen molar-refractivity contribution in [2.45, 2.75) is 71.7 Å². The maximum absolute atomic E-state index is 12.2. The van der Waals surface area contributed by atoms with Crippen LogP contribution in [0.4, 0.5) is 0 Å². The standard InChI is InChI=1S/C21H31NO2Si/c1-8-19(23)13-20(24-25(6,7)21(3,4)5)16-9-10-17-14-22-15(2)11-18(17)12-16/h9-12,14,20H,8,13H2,1-7H3/t20-/m0/s1. The van der Waals surface area contributed by atoms with Gasteiger partial charge in [0.2, 0.25) is 0 Å². The van der Waals surface area contributed by atoms with Gasteiger partial charge in [0.05, 0.1) is 6.10 Å². The number of rotatable bonds is 6. The largest absolute Gasteiger partial charge is 0.409 e. The van der Waals surface area contributed by atoms with E-state index in [9.17, 15) is 4.79 Å². The minimum atomic E-state index is -1.97. The number of ketones is 1. The van der Waals surface area contributed by atoms with Crippen molar-refractivity contribution in [1.82, 2.24) is 4.98 Å². The van der Waals surface area contributed by atoms with E-state index in [1.165, 1.54) is 0 Å². The fraction of sp³-hybridized carbons (Fsp3) is 0.524. The lowest BCUT2D eigenvalue weighted by Gasteiger charge is -2.39. The molecule has 1 aromatic carbocycles. The monoisotopic (exact) mass is 357 g/mol. The van der Waals surface area contributed by atoms with Crippen molar-refractivity contribution in [3.8, 4) is 0 Å². The van der Waals surface area contributed by atoms with E-state index in [1.54, 1.807) is 0 Å². The van der Waals surface area contributed by atoms with E-state index >= 15 is 0 Å². The third kappa shape index (κ3) is 4.76. The van der Waals surface area contributed by atoms with Crippen molar-refractivity contribution in [3.05, 3.63) is 41.7 Å². The molecule has 0 aliphatic rings. The Morgan fingerprint density at radius 2 is 1.88 bits per heavy atom. The average molecular weight is 358 g/mol. The zero-order valence-corrected chi connectivity index (χ0v) is 17.6. The number of nitrogens with zero attached hydrogens (tertiary/aromatic N) is 1. The van der Waals surface area contributed by atoms with Crippen LogP contribution in [0, 0.1) is 6.92 Å². The van der Waals surface area contributed by atoms with Crippen LogP contribution in [0.5, 0.6) is 0 Å². The van der Waals surface area contributed by atoms with E-state index in [1.807, 2.05) is 20.0 Å². The smallest absolute Gasteiger partial charge is 0.192 e. The topological polar surface area (TPSA) is 39.2 Å². The number of aryl methyl sites for hydroxylation is 1. The zero-order chi connectivity index (χ0) is 18.8. The Balaban J connectivity index is 2.42. The first-order valence-corrected chi connectivity index (χ1v) is 12.0. The summed E-state index contributed by atoms with van der Waals surface area (Å²) in [5.41, 5.74) is 2.08. The second kappa shape index (κ2) is 7.38. The number of Topliss-reactive ketones (excluding diaryl/α,β-unsaturated/α-hetero) is 1. The van der Waals surface area contributed by atoms with Gasteiger partial charge in [0.25, 0.3) is 0 Å². The lowest BCUT2D eigenvalue weighted by atomic mass is 10.0. The van der Waals surface area contributed by atoms with Crippen LogP contribution >= 0.6 is 0 Å². The van der Waals surface area contributed by atoms with Gasteiger partial charge >= 0.3 is 0 Å². The lowest BCUT2D eigenvalue weighted by Crippen LogP contribution is -2.42. The van der Waals surface area contributed by atoms with Gasteiger partial charge in [-0.05, 0) is 48.1 Å². The number of hydrogen-bond acceptors (Lipinski definition) is 3. The van der Waals surface area contributed by atoms with Crippen molar-refractivity contribution in [3.63, 3.8) is 0 Å². The molecule has 25 heavy (non-hydrogen) atoms. The maximum Gasteiger partial charge on any atom is 0.192 e. The molecule has 2 rings (SSSR count). The minimum absolute atomic E-state index is 0.109. The SMILES string of the molecule is CCC(=O)C[C@H](O[Si](C)(C)C(C)(C)C)c1ccc2cnc(C)cc2c1. The second-order valence-electron chi connectivity index (χ2n) is 8.40. The fourth-order valence-electron chi connectivity index (χ4n) is 2.58. The maximum atomic E-state index is 12.2. The van der Waals surface area contributed by atoms with Crippen LogP contribution < -0.4 is 0 Å². The Bertz CT molecular complexity index is 762. The Morgan fingerprint density at radius 1 is 1.20 bits per heavy atom. The molecule has 2 aromatic rings. The lowest BCUT2D eigenvalue weighted by molar-refractivity contribution is -0.120. The fourth-order valence-corrected chi connectivity index (χ4v) is 3.87. The van der Waals surface area contributed by atoms with Gasteiger partial charge in [-0.2, -0.15) is 0 Å². The summed E-state index contributed by atoms with van der Waals surface area (Å²) in [6.45, 7) is 15.1. The molecule has 1 aromatic heterocycles. The molecule has 1 atom stereocenters. The highest BCUT2D eigenvalue weighted by atomic mass is 28.4. The molecule has 1 heterocycles. The van der Waals surface area contributed by atoms with Crippen LogP contribution in [0.3, 0.4) is 0 Å². The van der Waals surface area contributed by atoms with Gasteiger partial charge in [0, 0.05) is 30.1 Å². The van der Waals surface area contributed by atoms with Crippen molar-refractivity contribution >= 4 is 24.9 Å². The van der Waals surface area contributed by atoms with Crippen LogP contribution in [-0.2, 0) is 9.22 Å².